The fourth-order valence-electron chi connectivity index (χ4n) is 2.56. The van der Waals surface area contributed by atoms with E-state index in [1.54, 1.807) is 0 Å². The Balaban J connectivity index is 2.02. The molecule has 1 aromatic heterocycles. The minimum absolute atomic E-state index is 0.192. The molecule has 2 rings (SSSR count). The molecule has 0 amide bonds. The summed E-state index contributed by atoms with van der Waals surface area (Å²) in [5.41, 5.74) is 3.67. The minimum atomic E-state index is -0.217. The molecule has 0 fully saturated rings. The first kappa shape index (κ1) is 14.6. The second kappa shape index (κ2) is 6.57. The Hall–Kier alpha value is -1.81. The number of aromatic nitrogens is 1. The van der Waals surface area contributed by atoms with Gasteiger partial charge in [0.1, 0.15) is 6.04 Å². The molecule has 0 saturated carbocycles. The first-order valence-corrected chi connectivity index (χ1v) is 7.04. The van der Waals surface area contributed by atoms with Crippen LogP contribution < -0.4 is 5.32 Å². The van der Waals surface area contributed by atoms with Crippen molar-refractivity contribution in [2.24, 2.45) is 0 Å². The highest BCUT2D eigenvalue weighted by Crippen LogP contribution is 2.21. The molecule has 0 aliphatic rings. The van der Waals surface area contributed by atoms with Crippen molar-refractivity contribution < 1.29 is 9.53 Å². The highest BCUT2D eigenvalue weighted by atomic mass is 16.5. The van der Waals surface area contributed by atoms with E-state index in [0.717, 1.165) is 19.4 Å². The molecule has 20 heavy (non-hydrogen) atoms. The van der Waals surface area contributed by atoms with Gasteiger partial charge < -0.3 is 15.0 Å². The number of hydrogen-bond donors (Lipinski definition) is 2. The molecule has 4 heteroatoms. The topological polar surface area (TPSA) is 54.1 Å². The molecule has 0 bridgehead atoms. The van der Waals surface area contributed by atoms with Crippen LogP contribution in [0.5, 0.6) is 0 Å². The van der Waals surface area contributed by atoms with E-state index in [9.17, 15) is 4.79 Å². The monoisotopic (exact) mass is 274 g/mol. The SMILES string of the molecule is CCC(NCCc1c(C)[nH]c2ccccc12)C(=O)OC. The van der Waals surface area contributed by atoms with Gasteiger partial charge in [-0.3, -0.25) is 4.79 Å². The van der Waals surface area contributed by atoms with Crippen LogP contribution in [0, 0.1) is 6.92 Å². The Morgan fingerprint density at radius 3 is 2.85 bits per heavy atom. The van der Waals surface area contributed by atoms with Gasteiger partial charge >= 0.3 is 5.97 Å². The van der Waals surface area contributed by atoms with E-state index in [-0.39, 0.29) is 12.0 Å². The molecule has 0 aliphatic heterocycles. The summed E-state index contributed by atoms with van der Waals surface area (Å²) in [6.45, 7) is 4.83. The lowest BCUT2D eigenvalue weighted by Gasteiger charge is -2.14. The average molecular weight is 274 g/mol. The van der Waals surface area contributed by atoms with E-state index in [2.05, 4.69) is 35.4 Å². The zero-order valence-electron chi connectivity index (χ0n) is 12.3. The molecule has 108 valence electrons. The number of carbonyl (C=O) groups is 1. The predicted molar refractivity (Wildman–Crippen MR) is 80.8 cm³/mol. The lowest BCUT2D eigenvalue weighted by Crippen LogP contribution is -2.38. The number of aromatic amines is 1. The van der Waals surface area contributed by atoms with Crippen molar-refractivity contribution >= 4 is 16.9 Å². The molecule has 0 aliphatic carbocycles. The zero-order chi connectivity index (χ0) is 14.5. The number of methoxy groups -OCH3 is 1. The second-order valence-corrected chi connectivity index (χ2v) is 4.96. The molecule has 1 atom stereocenters. The van der Waals surface area contributed by atoms with Crippen molar-refractivity contribution in [1.82, 2.24) is 10.3 Å². The Morgan fingerprint density at radius 1 is 1.40 bits per heavy atom. The van der Waals surface area contributed by atoms with Gasteiger partial charge in [-0.05, 0) is 31.4 Å². The maximum atomic E-state index is 11.5. The van der Waals surface area contributed by atoms with Crippen molar-refractivity contribution in [2.45, 2.75) is 32.7 Å². The number of ether oxygens (including phenoxy) is 1. The van der Waals surface area contributed by atoms with E-state index in [4.69, 9.17) is 4.74 Å². The van der Waals surface area contributed by atoms with Crippen LogP contribution in [0.15, 0.2) is 24.3 Å². The number of benzene rings is 1. The molecule has 2 aromatic rings. The Bertz CT molecular complexity index is 589. The number of para-hydroxylation sites is 1. The van der Waals surface area contributed by atoms with Gasteiger partial charge in [0, 0.05) is 23.1 Å². The van der Waals surface area contributed by atoms with Crippen LogP contribution in [0.1, 0.15) is 24.6 Å². The lowest BCUT2D eigenvalue weighted by atomic mass is 10.1. The van der Waals surface area contributed by atoms with E-state index in [0.29, 0.717) is 0 Å². The highest BCUT2D eigenvalue weighted by Gasteiger charge is 2.16. The van der Waals surface area contributed by atoms with E-state index in [1.807, 2.05) is 13.0 Å². The van der Waals surface area contributed by atoms with Crippen molar-refractivity contribution in [3.63, 3.8) is 0 Å². The van der Waals surface area contributed by atoms with Crippen LogP contribution in [-0.2, 0) is 16.0 Å². The van der Waals surface area contributed by atoms with Crippen LogP contribution in [0.4, 0.5) is 0 Å². The van der Waals surface area contributed by atoms with Gasteiger partial charge in [0.15, 0.2) is 0 Å². The number of aryl methyl sites for hydroxylation is 1. The number of fused-ring (bicyclic) bond motifs is 1. The molecule has 1 heterocycles. The number of carbonyl (C=O) groups excluding carboxylic acids is 1. The molecule has 0 radical (unpaired) electrons. The second-order valence-electron chi connectivity index (χ2n) is 4.96. The summed E-state index contributed by atoms with van der Waals surface area (Å²) in [4.78, 5) is 14.9. The van der Waals surface area contributed by atoms with Crippen LogP contribution >= 0.6 is 0 Å². The van der Waals surface area contributed by atoms with E-state index < -0.39 is 0 Å². The third kappa shape index (κ3) is 3.02. The third-order valence-electron chi connectivity index (χ3n) is 3.69. The summed E-state index contributed by atoms with van der Waals surface area (Å²) < 4.78 is 4.78. The zero-order valence-corrected chi connectivity index (χ0v) is 12.3. The summed E-state index contributed by atoms with van der Waals surface area (Å²) >= 11 is 0. The summed E-state index contributed by atoms with van der Waals surface area (Å²) in [6, 6.07) is 8.08. The molecule has 4 nitrogen and oxygen atoms in total. The first-order chi connectivity index (χ1) is 9.67. The largest absolute Gasteiger partial charge is 0.468 e. The molecular weight excluding hydrogens is 252 g/mol. The van der Waals surface area contributed by atoms with Gasteiger partial charge in [-0.2, -0.15) is 0 Å². The summed E-state index contributed by atoms with van der Waals surface area (Å²) in [6.07, 6.45) is 1.63. The van der Waals surface area contributed by atoms with Crippen molar-refractivity contribution in [2.75, 3.05) is 13.7 Å². The maximum Gasteiger partial charge on any atom is 0.322 e. The fourth-order valence-corrected chi connectivity index (χ4v) is 2.56. The lowest BCUT2D eigenvalue weighted by molar-refractivity contribution is -0.143. The number of esters is 1. The number of rotatable bonds is 6. The third-order valence-corrected chi connectivity index (χ3v) is 3.69. The van der Waals surface area contributed by atoms with Crippen molar-refractivity contribution in [3.8, 4) is 0 Å². The standard InChI is InChI=1S/C16H22N2O2/c1-4-14(16(19)20-3)17-10-9-12-11(2)18-15-8-6-5-7-13(12)15/h5-8,14,17-18H,4,9-10H2,1-3H3. The van der Waals surface area contributed by atoms with E-state index >= 15 is 0 Å². The summed E-state index contributed by atoms with van der Waals surface area (Å²) in [5, 5.41) is 4.52. The van der Waals surface area contributed by atoms with Crippen molar-refractivity contribution in [1.29, 1.82) is 0 Å². The quantitative estimate of drug-likeness (QED) is 0.796. The molecule has 0 saturated heterocycles. The first-order valence-electron chi connectivity index (χ1n) is 7.04. The average Bonchev–Trinajstić information content (AvgIpc) is 2.79. The van der Waals surface area contributed by atoms with Crippen LogP contribution in [-0.4, -0.2) is 30.6 Å². The number of nitrogens with one attached hydrogen (secondary N) is 2. The van der Waals surface area contributed by atoms with Gasteiger partial charge in [0.2, 0.25) is 0 Å². The fraction of sp³-hybridized carbons (Fsp3) is 0.438. The maximum absolute atomic E-state index is 11.5. The van der Waals surface area contributed by atoms with Gasteiger partial charge in [-0.25, -0.2) is 0 Å². The number of H-pyrrole nitrogens is 1. The van der Waals surface area contributed by atoms with Gasteiger partial charge in [-0.15, -0.1) is 0 Å². The molecule has 0 spiro atoms. The molecule has 1 aromatic carbocycles. The summed E-state index contributed by atoms with van der Waals surface area (Å²) in [7, 11) is 1.43. The highest BCUT2D eigenvalue weighted by molar-refractivity contribution is 5.84. The Morgan fingerprint density at radius 2 is 2.15 bits per heavy atom. The van der Waals surface area contributed by atoms with Gasteiger partial charge in [0.25, 0.3) is 0 Å². The molecule has 2 N–H and O–H groups in total. The van der Waals surface area contributed by atoms with E-state index in [1.165, 1.54) is 29.3 Å². The normalized spacial score (nSPS) is 12.6. The van der Waals surface area contributed by atoms with Crippen LogP contribution in [0.25, 0.3) is 10.9 Å². The predicted octanol–water partition coefficient (Wildman–Crippen LogP) is 2.56. The minimum Gasteiger partial charge on any atom is -0.468 e. The van der Waals surface area contributed by atoms with Crippen LogP contribution in [0.3, 0.4) is 0 Å². The van der Waals surface area contributed by atoms with Crippen LogP contribution in [0.2, 0.25) is 0 Å². The Labute approximate surface area is 119 Å². The Kier molecular flexibility index (Phi) is 4.79. The van der Waals surface area contributed by atoms with Gasteiger partial charge in [-0.1, -0.05) is 25.1 Å². The van der Waals surface area contributed by atoms with Gasteiger partial charge in [0.05, 0.1) is 7.11 Å². The van der Waals surface area contributed by atoms with Crippen molar-refractivity contribution in [3.05, 3.63) is 35.5 Å². The molecule has 1 unspecified atom stereocenters. The molecular formula is C16H22N2O2. The summed E-state index contributed by atoms with van der Waals surface area (Å²) in [5.74, 6) is -0.192. The number of hydrogen-bond acceptors (Lipinski definition) is 3. The smallest absolute Gasteiger partial charge is 0.322 e.